The van der Waals surface area contributed by atoms with Crippen LogP contribution in [0, 0.1) is 0 Å². The minimum Gasteiger partial charge on any atom is -0.493 e. The number of ether oxygens (including phenoxy) is 1. The first-order valence-corrected chi connectivity index (χ1v) is 9.91. The summed E-state index contributed by atoms with van der Waals surface area (Å²) in [4.78, 5) is 12.6. The number of benzene rings is 2. The molecule has 2 aromatic rings. The number of nitrogens with one attached hydrogen (secondary N) is 1. The largest absolute Gasteiger partial charge is 0.493 e. The Morgan fingerprint density at radius 2 is 1.73 bits per heavy atom. The third kappa shape index (κ3) is 4.17. The number of halogens is 1. The summed E-state index contributed by atoms with van der Waals surface area (Å²) >= 11 is 6.04. The Labute approximate surface area is 158 Å². The van der Waals surface area contributed by atoms with Crippen LogP contribution in [0.4, 0.5) is 5.69 Å². The van der Waals surface area contributed by atoms with Crippen molar-refractivity contribution in [3.05, 3.63) is 53.1 Å². The maximum Gasteiger partial charge on any atom is 0.255 e. The van der Waals surface area contributed by atoms with E-state index < -0.39 is 15.9 Å². The number of carbonyl (C=O) groups is 1. The second-order valence-corrected chi connectivity index (χ2v) is 7.73. The van der Waals surface area contributed by atoms with Gasteiger partial charge < -0.3 is 10.1 Å². The molecule has 2 rings (SSSR count). The highest BCUT2D eigenvalue weighted by molar-refractivity contribution is 7.89. The maximum atomic E-state index is 12.5. The number of para-hydroxylation sites is 1. The first kappa shape index (κ1) is 20.2. The molecule has 1 amide bonds. The molecule has 0 heterocycles. The van der Waals surface area contributed by atoms with Crippen LogP contribution in [0.15, 0.2) is 47.4 Å². The summed E-state index contributed by atoms with van der Waals surface area (Å²) in [5, 5.41) is 3.09. The van der Waals surface area contributed by atoms with Crippen molar-refractivity contribution in [2.45, 2.75) is 18.7 Å². The molecule has 6 nitrogen and oxygen atoms in total. The van der Waals surface area contributed by atoms with E-state index >= 15 is 0 Å². The SMILES string of the molecule is CCN(CC)S(=O)(=O)c1ccc(C(=O)Nc2cccc(Cl)c2OC)cc1. The Kier molecular flexibility index (Phi) is 6.63. The fourth-order valence-corrected chi connectivity index (χ4v) is 4.21. The highest BCUT2D eigenvalue weighted by Gasteiger charge is 2.21. The van der Waals surface area contributed by atoms with Gasteiger partial charge in [0.05, 0.1) is 22.7 Å². The number of nitrogens with zero attached hydrogens (tertiary/aromatic N) is 1. The summed E-state index contributed by atoms with van der Waals surface area (Å²) in [6.45, 7) is 4.33. The highest BCUT2D eigenvalue weighted by atomic mass is 35.5. The molecule has 0 saturated heterocycles. The summed E-state index contributed by atoms with van der Waals surface area (Å²) < 4.78 is 31.5. The molecule has 0 aliphatic rings. The van der Waals surface area contributed by atoms with Crippen molar-refractivity contribution in [2.75, 3.05) is 25.5 Å². The average molecular weight is 397 g/mol. The smallest absolute Gasteiger partial charge is 0.255 e. The van der Waals surface area contributed by atoms with E-state index in [2.05, 4.69) is 5.32 Å². The van der Waals surface area contributed by atoms with Gasteiger partial charge >= 0.3 is 0 Å². The summed E-state index contributed by atoms with van der Waals surface area (Å²) in [6, 6.07) is 10.8. The van der Waals surface area contributed by atoms with E-state index in [9.17, 15) is 13.2 Å². The van der Waals surface area contributed by atoms with Crippen molar-refractivity contribution in [2.24, 2.45) is 0 Å². The van der Waals surface area contributed by atoms with Crippen LogP contribution in [0.5, 0.6) is 5.75 Å². The fourth-order valence-electron chi connectivity index (χ4n) is 2.50. The Balaban J connectivity index is 2.24. The average Bonchev–Trinajstić information content (AvgIpc) is 2.63. The number of hydrogen-bond acceptors (Lipinski definition) is 4. The molecule has 0 spiro atoms. The van der Waals surface area contributed by atoms with E-state index in [-0.39, 0.29) is 4.90 Å². The zero-order valence-electron chi connectivity index (χ0n) is 14.8. The Morgan fingerprint density at radius 1 is 1.12 bits per heavy atom. The van der Waals surface area contributed by atoms with Crippen molar-refractivity contribution in [1.29, 1.82) is 0 Å². The van der Waals surface area contributed by atoms with Gasteiger partial charge in [-0.25, -0.2) is 8.42 Å². The maximum absolute atomic E-state index is 12.5. The van der Waals surface area contributed by atoms with Crippen LogP contribution in [0.3, 0.4) is 0 Å². The van der Waals surface area contributed by atoms with E-state index in [4.69, 9.17) is 16.3 Å². The highest BCUT2D eigenvalue weighted by Crippen LogP contribution is 2.32. The van der Waals surface area contributed by atoms with Gasteiger partial charge in [0.15, 0.2) is 5.75 Å². The van der Waals surface area contributed by atoms with Crippen molar-refractivity contribution < 1.29 is 17.9 Å². The van der Waals surface area contributed by atoms with Crippen molar-refractivity contribution in [1.82, 2.24) is 4.31 Å². The van der Waals surface area contributed by atoms with E-state index in [0.29, 0.717) is 35.1 Å². The minimum absolute atomic E-state index is 0.151. The minimum atomic E-state index is -3.55. The van der Waals surface area contributed by atoms with Crippen LogP contribution in [0.2, 0.25) is 5.02 Å². The molecule has 0 atom stereocenters. The third-order valence-corrected chi connectivity index (χ3v) is 6.24. The standard InChI is InChI=1S/C18H21ClN2O4S/c1-4-21(5-2)26(23,24)14-11-9-13(10-12-14)18(22)20-16-8-6-7-15(19)17(16)25-3/h6-12H,4-5H2,1-3H3,(H,20,22). The van der Waals surface area contributed by atoms with Crippen molar-refractivity contribution in [3.63, 3.8) is 0 Å². The molecule has 26 heavy (non-hydrogen) atoms. The van der Waals surface area contributed by atoms with E-state index in [0.717, 1.165) is 0 Å². The molecular formula is C18H21ClN2O4S. The number of sulfonamides is 1. The fraction of sp³-hybridized carbons (Fsp3) is 0.278. The predicted octanol–water partition coefficient (Wildman–Crippen LogP) is 3.63. The Morgan fingerprint density at radius 3 is 2.27 bits per heavy atom. The molecule has 0 aromatic heterocycles. The summed E-state index contributed by atoms with van der Waals surface area (Å²) in [6.07, 6.45) is 0. The lowest BCUT2D eigenvalue weighted by Crippen LogP contribution is -2.30. The van der Waals surface area contributed by atoms with Gasteiger partial charge in [0.25, 0.3) is 5.91 Å². The van der Waals surface area contributed by atoms with Gasteiger partial charge in [0.1, 0.15) is 0 Å². The molecule has 0 bridgehead atoms. The van der Waals surface area contributed by atoms with E-state index in [1.54, 1.807) is 32.0 Å². The second kappa shape index (κ2) is 8.53. The molecule has 0 aliphatic heterocycles. The van der Waals surface area contributed by atoms with Gasteiger partial charge in [-0.1, -0.05) is 31.5 Å². The predicted molar refractivity (Wildman–Crippen MR) is 103 cm³/mol. The van der Waals surface area contributed by atoms with Gasteiger partial charge in [0, 0.05) is 18.7 Å². The number of methoxy groups -OCH3 is 1. The zero-order chi connectivity index (χ0) is 19.3. The monoisotopic (exact) mass is 396 g/mol. The number of carbonyl (C=O) groups excluding carboxylic acids is 1. The first-order chi connectivity index (χ1) is 12.3. The number of anilines is 1. The molecule has 0 saturated carbocycles. The lowest BCUT2D eigenvalue weighted by molar-refractivity contribution is 0.102. The van der Waals surface area contributed by atoms with Crippen LogP contribution in [0.25, 0.3) is 0 Å². The Hall–Kier alpha value is -2.09. The van der Waals surface area contributed by atoms with Crippen molar-refractivity contribution in [3.8, 4) is 5.75 Å². The molecule has 8 heteroatoms. The van der Waals surface area contributed by atoms with Gasteiger partial charge in [-0.15, -0.1) is 0 Å². The third-order valence-electron chi connectivity index (χ3n) is 3.88. The van der Waals surface area contributed by atoms with E-state index in [1.807, 2.05) is 0 Å². The Bertz CT molecular complexity index is 879. The number of hydrogen-bond donors (Lipinski definition) is 1. The number of rotatable bonds is 7. The molecule has 0 fully saturated rings. The first-order valence-electron chi connectivity index (χ1n) is 8.09. The number of amides is 1. The van der Waals surface area contributed by atoms with Gasteiger partial charge in [0.2, 0.25) is 10.0 Å². The van der Waals surface area contributed by atoms with Gasteiger partial charge in [-0.2, -0.15) is 4.31 Å². The normalized spacial score (nSPS) is 11.4. The molecule has 0 unspecified atom stereocenters. The lowest BCUT2D eigenvalue weighted by Gasteiger charge is -2.18. The van der Waals surface area contributed by atoms with Crippen LogP contribution in [0.1, 0.15) is 24.2 Å². The molecule has 140 valence electrons. The van der Waals surface area contributed by atoms with Crippen LogP contribution in [-0.2, 0) is 10.0 Å². The van der Waals surface area contributed by atoms with Gasteiger partial charge in [-0.3, -0.25) is 4.79 Å². The molecule has 0 radical (unpaired) electrons. The van der Waals surface area contributed by atoms with Crippen LogP contribution < -0.4 is 10.1 Å². The second-order valence-electron chi connectivity index (χ2n) is 5.39. The zero-order valence-corrected chi connectivity index (χ0v) is 16.4. The summed E-state index contributed by atoms with van der Waals surface area (Å²) in [5.74, 6) is -0.0272. The molecular weight excluding hydrogens is 376 g/mol. The molecule has 2 aromatic carbocycles. The summed E-state index contributed by atoms with van der Waals surface area (Å²) in [7, 11) is -2.09. The van der Waals surface area contributed by atoms with Gasteiger partial charge in [-0.05, 0) is 36.4 Å². The van der Waals surface area contributed by atoms with Crippen LogP contribution in [-0.4, -0.2) is 38.8 Å². The van der Waals surface area contributed by atoms with Crippen molar-refractivity contribution >= 4 is 33.2 Å². The molecule has 1 N–H and O–H groups in total. The van der Waals surface area contributed by atoms with Crippen LogP contribution >= 0.6 is 11.6 Å². The lowest BCUT2D eigenvalue weighted by atomic mass is 10.2. The topological polar surface area (TPSA) is 75.7 Å². The molecule has 0 aliphatic carbocycles. The summed E-state index contributed by atoms with van der Waals surface area (Å²) in [5.41, 5.74) is 0.760. The quantitative estimate of drug-likeness (QED) is 0.775. The van der Waals surface area contributed by atoms with E-state index in [1.165, 1.54) is 35.7 Å².